The lowest BCUT2D eigenvalue weighted by atomic mass is 10.2. The Kier molecular flexibility index (Phi) is 6.42. The number of pyridine rings is 1. The molecule has 11 nitrogen and oxygen atoms in total. The van der Waals surface area contributed by atoms with E-state index in [0.717, 1.165) is 17.4 Å². The van der Waals surface area contributed by atoms with E-state index in [1.165, 1.54) is 6.07 Å². The molecule has 1 aliphatic rings. The Morgan fingerprint density at radius 1 is 1.19 bits per heavy atom. The fourth-order valence-corrected chi connectivity index (χ4v) is 2.97. The summed E-state index contributed by atoms with van der Waals surface area (Å²) >= 11 is 0. The second-order valence-corrected chi connectivity index (χ2v) is 8.06. The number of anilines is 1. The summed E-state index contributed by atoms with van der Waals surface area (Å²) in [5, 5.41) is 13.3. The quantitative estimate of drug-likeness (QED) is 0.564. The van der Waals surface area contributed by atoms with E-state index in [0.29, 0.717) is 26.2 Å². The lowest BCUT2D eigenvalue weighted by Gasteiger charge is -2.36. The maximum atomic E-state index is 12.2. The molecule has 31 heavy (non-hydrogen) atoms. The van der Waals surface area contributed by atoms with Crippen molar-refractivity contribution < 1.29 is 23.7 Å². The van der Waals surface area contributed by atoms with E-state index in [9.17, 15) is 19.7 Å². The predicted octanol–water partition coefficient (Wildman–Crippen LogP) is 2.57. The van der Waals surface area contributed by atoms with E-state index in [2.05, 4.69) is 15.2 Å². The third-order valence-electron chi connectivity index (χ3n) is 4.51. The van der Waals surface area contributed by atoms with Gasteiger partial charge >= 0.3 is 12.0 Å². The van der Waals surface area contributed by atoms with Gasteiger partial charge in [0.1, 0.15) is 16.3 Å². The molecule has 0 unspecified atom stereocenters. The number of hydrogen-bond acceptors (Lipinski definition) is 8. The molecule has 0 aliphatic carbocycles. The highest BCUT2D eigenvalue weighted by atomic mass is 16.6. The van der Waals surface area contributed by atoms with Crippen molar-refractivity contribution in [3.8, 4) is 0 Å². The number of furan rings is 1. The number of nitrogens with one attached hydrogen (secondary N) is 1. The standard InChI is InChI=1S/C20H25N5O6/c1-20(2,3)31-19(27)24-10-8-23(9-11-24)16-6-4-14(12-21-16)13-22-18(26)15-5-7-17(30-15)25(28)29/h4-7,12H,8-11,13H2,1-3H3,(H,22,26). The van der Waals surface area contributed by atoms with Gasteiger partial charge in [0.2, 0.25) is 0 Å². The van der Waals surface area contributed by atoms with Crippen molar-refractivity contribution in [3.63, 3.8) is 0 Å². The summed E-state index contributed by atoms with van der Waals surface area (Å²) in [4.78, 5) is 42.3. The molecule has 0 atom stereocenters. The van der Waals surface area contributed by atoms with Gasteiger partial charge in [0.15, 0.2) is 5.76 Å². The molecule has 2 aromatic rings. The summed E-state index contributed by atoms with van der Waals surface area (Å²) in [7, 11) is 0. The molecule has 0 bridgehead atoms. The fourth-order valence-electron chi connectivity index (χ4n) is 2.97. The molecule has 1 fully saturated rings. The molecule has 2 aromatic heterocycles. The Bertz CT molecular complexity index is 942. The highest BCUT2D eigenvalue weighted by molar-refractivity contribution is 5.91. The zero-order valence-electron chi connectivity index (χ0n) is 17.7. The largest absolute Gasteiger partial charge is 0.444 e. The SMILES string of the molecule is CC(C)(C)OC(=O)N1CCN(c2ccc(CNC(=O)c3ccc([N+](=O)[O-])o3)cn2)CC1. The maximum absolute atomic E-state index is 12.2. The first-order valence-electron chi connectivity index (χ1n) is 9.82. The summed E-state index contributed by atoms with van der Waals surface area (Å²) in [5.41, 5.74) is 0.248. The van der Waals surface area contributed by atoms with Gasteiger partial charge in [0, 0.05) is 38.9 Å². The number of hydrogen-bond donors (Lipinski definition) is 1. The molecule has 3 rings (SSSR count). The molecule has 0 saturated carbocycles. The second kappa shape index (κ2) is 9.02. The van der Waals surface area contributed by atoms with Crippen molar-refractivity contribution in [2.75, 3.05) is 31.1 Å². The average Bonchev–Trinajstić information content (AvgIpc) is 3.22. The minimum absolute atomic E-state index is 0.126. The summed E-state index contributed by atoms with van der Waals surface area (Å²) < 4.78 is 10.3. The molecule has 2 amide bonds. The number of nitro groups is 1. The van der Waals surface area contributed by atoms with Crippen LogP contribution in [0.3, 0.4) is 0 Å². The second-order valence-electron chi connectivity index (χ2n) is 8.06. The van der Waals surface area contributed by atoms with Crippen molar-refractivity contribution in [1.82, 2.24) is 15.2 Å². The maximum Gasteiger partial charge on any atom is 0.433 e. The Morgan fingerprint density at radius 2 is 1.90 bits per heavy atom. The zero-order chi connectivity index (χ0) is 22.6. The van der Waals surface area contributed by atoms with Gasteiger partial charge in [-0.05, 0) is 38.5 Å². The highest BCUT2D eigenvalue weighted by Gasteiger charge is 2.26. The van der Waals surface area contributed by atoms with Crippen molar-refractivity contribution >= 4 is 23.7 Å². The summed E-state index contributed by atoms with van der Waals surface area (Å²) in [5.74, 6) is -0.377. The predicted molar refractivity (Wildman–Crippen MR) is 111 cm³/mol. The molecule has 3 heterocycles. The number of aromatic nitrogens is 1. The molecule has 0 aromatic carbocycles. The van der Waals surface area contributed by atoms with Crippen molar-refractivity contribution in [1.29, 1.82) is 0 Å². The van der Waals surface area contributed by atoms with Crippen molar-refractivity contribution in [2.45, 2.75) is 32.9 Å². The minimum atomic E-state index is -0.702. The summed E-state index contributed by atoms with van der Waals surface area (Å²) in [6.45, 7) is 8.09. The fraction of sp³-hybridized carbons (Fsp3) is 0.450. The number of carbonyl (C=O) groups is 2. The third kappa shape index (κ3) is 5.93. The number of piperazine rings is 1. The number of amides is 2. The lowest BCUT2D eigenvalue weighted by molar-refractivity contribution is -0.402. The normalized spacial score (nSPS) is 14.3. The van der Waals surface area contributed by atoms with Crippen molar-refractivity contribution in [2.24, 2.45) is 0 Å². The summed E-state index contributed by atoms with van der Waals surface area (Å²) in [6.07, 6.45) is 1.34. The van der Waals surface area contributed by atoms with E-state index < -0.39 is 22.3 Å². The summed E-state index contributed by atoms with van der Waals surface area (Å²) in [6, 6.07) is 6.08. The Hall–Kier alpha value is -3.63. The first kappa shape index (κ1) is 22.1. The van der Waals surface area contributed by atoms with Crippen LogP contribution in [0.2, 0.25) is 0 Å². The van der Waals surface area contributed by atoms with Gasteiger partial charge in [0.05, 0.1) is 6.07 Å². The Labute approximate surface area is 179 Å². The average molecular weight is 431 g/mol. The lowest BCUT2D eigenvalue weighted by Crippen LogP contribution is -2.50. The highest BCUT2D eigenvalue weighted by Crippen LogP contribution is 2.17. The van der Waals surface area contributed by atoms with E-state index >= 15 is 0 Å². The number of nitrogens with zero attached hydrogens (tertiary/aromatic N) is 4. The van der Waals surface area contributed by atoms with Crippen molar-refractivity contribution in [3.05, 3.63) is 51.9 Å². The number of rotatable bonds is 5. The van der Waals surface area contributed by atoms with Gasteiger partial charge in [0.25, 0.3) is 5.91 Å². The van der Waals surface area contributed by atoms with Gasteiger partial charge in [-0.1, -0.05) is 6.07 Å². The molecule has 0 spiro atoms. The smallest absolute Gasteiger partial charge is 0.433 e. The van der Waals surface area contributed by atoms with Crippen LogP contribution in [0.1, 0.15) is 36.9 Å². The molecule has 1 saturated heterocycles. The van der Waals surface area contributed by atoms with Crippen LogP contribution in [0, 0.1) is 10.1 Å². The van der Waals surface area contributed by atoms with E-state index in [1.54, 1.807) is 11.1 Å². The molecule has 1 aliphatic heterocycles. The first-order valence-corrected chi connectivity index (χ1v) is 9.82. The van der Waals surface area contributed by atoms with Crippen LogP contribution in [-0.2, 0) is 11.3 Å². The van der Waals surface area contributed by atoms with Crippen LogP contribution < -0.4 is 10.2 Å². The van der Waals surface area contributed by atoms with Gasteiger partial charge < -0.3 is 24.3 Å². The third-order valence-corrected chi connectivity index (χ3v) is 4.51. The van der Waals surface area contributed by atoms with Crippen LogP contribution in [0.4, 0.5) is 16.5 Å². The van der Waals surface area contributed by atoms with E-state index in [-0.39, 0.29) is 18.4 Å². The van der Waals surface area contributed by atoms with Crippen LogP contribution in [-0.4, -0.2) is 58.6 Å². The molecule has 0 radical (unpaired) electrons. The molecular formula is C20H25N5O6. The van der Waals surface area contributed by atoms with Gasteiger partial charge in [-0.2, -0.15) is 0 Å². The minimum Gasteiger partial charge on any atom is -0.444 e. The van der Waals surface area contributed by atoms with Crippen LogP contribution in [0.5, 0.6) is 0 Å². The van der Waals surface area contributed by atoms with Gasteiger partial charge in [-0.25, -0.2) is 9.78 Å². The zero-order valence-corrected chi connectivity index (χ0v) is 17.7. The molecule has 166 valence electrons. The number of ether oxygens (including phenoxy) is 1. The van der Waals surface area contributed by atoms with Crippen LogP contribution >= 0.6 is 0 Å². The van der Waals surface area contributed by atoms with Gasteiger partial charge in [-0.15, -0.1) is 0 Å². The first-order chi connectivity index (χ1) is 14.6. The molecule has 11 heteroatoms. The monoisotopic (exact) mass is 431 g/mol. The van der Waals surface area contributed by atoms with Gasteiger partial charge in [-0.3, -0.25) is 14.9 Å². The Balaban J connectivity index is 1.48. The topological polar surface area (TPSA) is 131 Å². The van der Waals surface area contributed by atoms with E-state index in [1.807, 2.05) is 32.9 Å². The number of carbonyl (C=O) groups excluding carboxylic acids is 2. The van der Waals surface area contributed by atoms with Crippen LogP contribution in [0.15, 0.2) is 34.9 Å². The van der Waals surface area contributed by atoms with E-state index in [4.69, 9.17) is 9.15 Å². The van der Waals surface area contributed by atoms with Crippen LogP contribution in [0.25, 0.3) is 0 Å². The Morgan fingerprint density at radius 3 is 2.45 bits per heavy atom. The molecule has 1 N–H and O–H groups in total. The molecular weight excluding hydrogens is 406 g/mol.